The fraction of sp³-hybridized carbons (Fsp3) is 0.375. The first-order chi connectivity index (χ1) is 5.76. The average Bonchev–Trinajstić information content (AvgIpc) is 2.04. The predicted molar refractivity (Wildman–Crippen MR) is 44.9 cm³/mol. The lowest BCUT2D eigenvalue weighted by molar-refractivity contribution is 0.336. The highest BCUT2D eigenvalue weighted by atomic mass is 35.5. The van der Waals surface area contributed by atoms with Crippen molar-refractivity contribution in [2.24, 2.45) is 0 Å². The van der Waals surface area contributed by atoms with Crippen LogP contribution < -0.4 is 4.74 Å². The van der Waals surface area contributed by atoms with Gasteiger partial charge in [0.2, 0.25) is 5.95 Å². The van der Waals surface area contributed by atoms with E-state index in [1.54, 1.807) is 6.07 Å². The fourth-order valence-corrected chi connectivity index (χ4v) is 0.980. The molecule has 2 nitrogen and oxygen atoms in total. The number of alkyl halides is 1. The third-order valence-corrected chi connectivity index (χ3v) is 1.54. The number of hydrogen-bond acceptors (Lipinski definition) is 2. The van der Waals surface area contributed by atoms with Crippen LogP contribution in [0.5, 0.6) is 5.75 Å². The number of rotatable bonds is 3. The van der Waals surface area contributed by atoms with Crippen LogP contribution in [0.3, 0.4) is 0 Å². The molecule has 0 aliphatic rings. The number of pyridine rings is 1. The molecular formula is C8H9ClFNO. The highest BCUT2D eigenvalue weighted by Gasteiger charge is 2.01. The summed E-state index contributed by atoms with van der Waals surface area (Å²) in [6.45, 7) is 2.34. The van der Waals surface area contributed by atoms with Crippen LogP contribution in [0.25, 0.3) is 0 Å². The van der Waals surface area contributed by atoms with Gasteiger partial charge >= 0.3 is 0 Å². The molecule has 1 heterocycles. The Bertz CT molecular complexity index is 267. The van der Waals surface area contributed by atoms with Crippen molar-refractivity contribution in [2.75, 3.05) is 6.61 Å². The largest absolute Gasteiger partial charge is 0.494 e. The van der Waals surface area contributed by atoms with Crippen LogP contribution in [-0.2, 0) is 5.88 Å². The molecule has 0 N–H and O–H groups in total. The molecule has 4 heteroatoms. The molecule has 0 fully saturated rings. The van der Waals surface area contributed by atoms with Crippen molar-refractivity contribution in [3.63, 3.8) is 0 Å². The fourth-order valence-electron chi connectivity index (χ4n) is 0.843. The van der Waals surface area contributed by atoms with Gasteiger partial charge in [0.1, 0.15) is 5.75 Å². The monoisotopic (exact) mass is 189 g/mol. The maximum Gasteiger partial charge on any atom is 0.216 e. The quantitative estimate of drug-likeness (QED) is 0.538. The Morgan fingerprint density at radius 1 is 1.58 bits per heavy atom. The molecule has 0 aliphatic carbocycles. The minimum Gasteiger partial charge on any atom is -0.494 e. The molecular weight excluding hydrogens is 181 g/mol. The topological polar surface area (TPSA) is 22.1 Å². The van der Waals surface area contributed by atoms with Crippen molar-refractivity contribution in [1.82, 2.24) is 4.98 Å². The van der Waals surface area contributed by atoms with Crippen LogP contribution in [0.1, 0.15) is 12.6 Å². The summed E-state index contributed by atoms with van der Waals surface area (Å²) in [5, 5.41) is 0. The van der Waals surface area contributed by atoms with Gasteiger partial charge in [-0.1, -0.05) is 0 Å². The van der Waals surface area contributed by atoms with Gasteiger partial charge in [0.25, 0.3) is 0 Å². The van der Waals surface area contributed by atoms with Gasteiger partial charge in [-0.3, -0.25) is 0 Å². The summed E-state index contributed by atoms with van der Waals surface area (Å²) >= 11 is 5.49. The van der Waals surface area contributed by atoms with Crippen LogP contribution in [0, 0.1) is 5.95 Å². The Kier molecular flexibility index (Phi) is 3.29. The molecule has 0 unspecified atom stereocenters. The van der Waals surface area contributed by atoms with Gasteiger partial charge in [0.15, 0.2) is 0 Å². The number of aromatic nitrogens is 1. The average molecular weight is 190 g/mol. The Balaban J connectivity index is 2.90. The molecule has 1 rings (SSSR count). The first kappa shape index (κ1) is 9.26. The van der Waals surface area contributed by atoms with E-state index in [1.165, 1.54) is 6.07 Å². The van der Waals surface area contributed by atoms with Crippen molar-refractivity contribution in [3.8, 4) is 5.75 Å². The summed E-state index contributed by atoms with van der Waals surface area (Å²) in [5.41, 5.74) is 0.486. The lowest BCUT2D eigenvalue weighted by Crippen LogP contribution is -1.96. The summed E-state index contributed by atoms with van der Waals surface area (Å²) in [6, 6.07) is 2.86. The van der Waals surface area contributed by atoms with E-state index in [0.717, 1.165) is 0 Å². The molecule has 0 aliphatic heterocycles. The molecule has 0 saturated heterocycles. The Morgan fingerprint density at radius 3 is 2.92 bits per heavy atom. The third-order valence-electron chi connectivity index (χ3n) is 1.27. The molecule has 1 aromatic heterocycles. The summed E-state index contributed by atoms with van der Waals surface area (Å²) in [7, 11) is 0. The second-order valence-electron chi connectivity index (χ2n) is 2.18. The maximum atomic E-state index is 12.7. The van der Waals surface area contributed by atoms with Crippen LogP contribution in [-0.4, -0.2) is 11.6 Å². The smallest absolute Gasteiger partial charge is 0.216 e. The first-order valence-electron chi connectivity index (χ1n) is 3.61. The number of halogens is 2. The van der Waals surface area contributed by atoms with E-state index < -0.39 is 5.95 Å². The Labute approximate surface area is 75.3 Å². The van der Waals surface area contributed by atoms with E-state index in [0.29, 0.717) is 18.1 Å². The molecule has 0 bridgehead atoms. The van der Waals surface area contributed by atoms with E-state index in [9.17, 15) is 4.39 Å². The van der Waals surface area contributed by atoms with Gasteiger partial charge in [-0.05, 0) is 6.92 Å². The molecule has 0 spiro atoms. The third kappa shape index (κ3) is 2.34. The van der Waals surface area contributed by atoms with Crippen LogP contribution in [0.2, 0.25) is 0 Å². The zero-order valence-corrected chi connectivity index (χ0v) is 7.44. The molecule has 0 saturated carbocycles. The molecule has 66 valence electrons. The minimum absolute atomic E-state index is 0.192. The van der Waals surface area contributed by atoms with Gasteiger partial charge in [0.05, 0.1) is 18.2 Å². The van der Waals surface area contributed by atoms with Gasteiger partial charge in [-0.2, -0.15) is 4.39 Å². The zero-order valence-electron chi connectivity index (χ0n) is 6.68. The number of ether oxygens (including phenoxy) is 1. The van der Waals surface area contributed by atoms with Gasteiger partial charge < -0.3 is 4.74 Å². The summed E-state index contributed by atoms with van der Waals surface area (Å²) in [4.78, 5) is 3.56. The van der Waals surface area contributed by atoms with Gasteiger partial charge in [-0.25, -0.2) is 4.98 Å². The lowest BCUT2D eigenvalue weighted by Gasteiger charge is -2.03. The highest BCUT2D eigenvalue weighted by molar-refractivity contribution is 6.16. The predicted octanol–water partition coefficient (Wildman–Crippen LogP) is 2.36. The van der Waals surface area contributed by atoms with Crippen LogP contribution in [0.15, 0.2) is 12.1 Å². The van der Waals surface area contributed by atoms with Crippen molar-refractivity contribution in [2.45, 2.75) is 12.8 Å². The Hall–Kier alpha value is -0.830. The molecule has 0 amide bonds. The van der Waals surface area contributed by atoms with Crippen LogP contribution in [0.4, 0.5) is 4.39 Å². The normalized spacial score (nSPS) is 9.92. The van der Waals surface area contributed by atoms with E-state index in [-0.39, 0.29) is 5.88 Å². The second-order valence-corrected chi connectivity index (χ2v) is 2.45. The van der Waals surface area contributed by atoms with E-state index in [2.05, 4.69) is 4.98 Å². The maximum absolute atomic E-state index is 12.7. The molecule has 1 aromatic rings. The zero-order chi connectivity index (χ0) is 8.97. The molecule has 0 radical (unpaired) electrons. The SMILES string of the molecule is CCOc1cc(F)nc(CCl)c1. The Morgan fingerprint density at radius 2 is 2.33 bits per heavy atom. The molecule has 0 aromatic carbocycles. The number of hydrogen-bond donors (Lipinski definition) is 0. The molecule has 0 atom stereocenters. The highest BCUT2D eigenvalue weighted by Crippen LogP contribution is 2.14. The standard InChI is InChI=1S/C8H9ClFNO/c1-2-12-7-3-6(5-9)11-8(10)4-7/h3-4H,2,5H2,1H3. The summed E-state index contributed by atoms with van der Waals surface area (Å²) < 4.78 is 17.8. The van der Waals surface area contributed by atoms with E-state index in [4.69, 9.17) is 16.3 Å². The van der Waals surface area contributed by atoms with E-state index in [1.807, 2.05) is 6.92 Å². The molecule has 12 heavy (non-hydrogen) atoms. The van der Waals surface area contributed by atoms with Crippen molar-refractivity contribution in [1.29, 1.82) is 0 Å². The number of nitrogens with zero attached hydrogens (tertiary/aromatic N) is 1. The van der Waals surface area contributed by atoms with Crippen LogP contribution >= 0.6 is 11.6 Å². The van der Waals surface area contributed by atoms with Gasteiger partial charge in [-0.15, -0.1) is 11.6 Å². The summed E-state index contributed by atoms with van der Waals surface area (Å²) in [5.74, 6) is 0.106. The minimum atomic E-state index is -0.559. The second kappa shape index (κ2) is 4.26. The van der Waals surface area contributed by atoms with Crippen molar-refractivity contribution < 1.29 is 9.13 Å². The lowest BCUT2D eigenvalue weighted by atomic mass is 10.3. The first-order valence-corrected chi connectivity index (χ1v) is 4.15. The van der Waals surface area contributed by atoms with E-state index >= 15 is 0 Å². The van der Waals surface area contributed by atoms with Crippen molar-refractivity contribution in [3.05, 3.63) is 23.8 Å². The van der Waals surface area contributed by atoms with Gasteiger partial charge in [0, 0.05) is 12.1 Å². The summed E-state index contributed by atoms with van der Waals surface area (Å²) in [6.07, 6.45) is 0. The van der Waals surface area contributed by atoms with Crippen molar-refractivity contribution >= 4 is 11.6 Å².